The molecule has 220 valence electrons. The summed E-state index contributed by atoms with van der Waals surface area (Å²) in [5.41, 5.74) is 1.46. The predicted octanol–water partition coefficient (Wildman–Crippen LogP) is 2.06. The summed E-state index contributed by atoms with van der Waals surface area (Å²) in [6.45, 7) is 6.62. The van der Waals surface area contributed by atoms with Crippen LogP contribution < -0.4 is 10.6 Å². The molecule has 2 aliphatic heterocycles. The molecule has 0 radical (unpaired) electrons. The summed E-state index contributed by atoms with van der Waals surface area (Å²) in [4.78, 5) is 55.0. The molecule has 0 saturated carbocycles. The first-order valence-corrected chi connectivity index (χ1v) is 15.6. The van der Waals surface area contributed by atoms with Crippen molar-refractivity contribution in [1.82, 2.24) is 20.4 Å². The fourth-order valence-electron chi connectivity index (χ4n) is 5.67. The van der Waals surface area contributed by atoms with E-state index in [1.807, 2.05) is 24.3 Å². The van der Waals surface area contributed by atoms with Crippen LogP contribution in [-0.4, -0.2) is 83.9 Å². The van der Waals surface area contributed by atoms with E-state index in [0.29, 0.717) is 0 Å². The minimum absolute atomic E-state index is 0.118. The number of rotatable bonds is 5. The van der Waals surface area contributed by atoms with E-state index < -0.39 is 62.8 Å². The van der Waals surface area contributed by atoms with Crippen molar-refractivity contribution in [2.75, 3.05) is 12.8 Å². The topological polar surface area (TPSA) is 142 Å². The third-order valence-corrected chi connectivity index (χ3v) is 10.0. The highest BCUT2D eigenvalue weighted by atomic mass is 32.2. The highest BCUT2D eigenvalue weighted by Crippen LogP contribution is 2.34. The first-order chi connectivity index (χ1) is 18.7. The summed E-state index contributed by atoms with van der Waals surface area (Å²) in [5, 5.41) is 4.59. The van der Waals surface area contributed by atoms with Crippen molar-refractivity contribution >= 4 is 33.7 Å². The minimum Gasteiger partial charge on any atom is -0.444 e. The minimum atomic E-state index is -3.73. The Morgan fingerprint density at radius 2 is 1.75 bits per heavy atom. The molecular weight excluding hydrogens is 536 g/mol. The predicted molar refractivity (Wildman–Crippen MR) is 148 cm³/mol. The Bertz CT molecular complexity index is 1280. The van der Waals surface area contributed by atoms with Crippen LogP contribution in [0.25, 0.3) is 0 Å². The van der Waals surface area contributed by atoms with Crippen LogP contribution in [-0.2, 0) is 35.4 Å². The summed E-state index contributed by atoms with van der Waals surface area (Å²) in [6.07, 6.45) is 2.15. The summed E-state index contributed by atoms with van der Waals surface area (Å²) < 4.78 is 31.6. The average molecular weight is 577 g/mol. The van der Waals surface area contributed by atoms with E-state index in [2.05, 4.69) is 10.6 Å². The van der Waals surface area contributed by atoms with Crippen LogP contribution in [0, 0.1) is 0 Å². The van der Waals surface area contributed by atoms with Gasteiger partial charge in [-0.05, 0) is 77.3 Å². The number of ether oxygens (including phenoxy) is 1. The van der Waals surface area contributed by atoms with Crippen LogP contribution >= 0.6 is 0 Å². The highest BCUT2D eigenvalue weighted by molar-refractivity contribution is 7.92. The maximum Gasteiger partial charge on any atom is 0.410 e. The Morgan fingerprint density at radius 3 is 2.45 bits per heavy atom. The molecular formula is C28H40N4O7S. The van der Waals surface area contributed by atoms with Gasteiger partial charge in [0.05, 0.1) is 11.8 Å². The lowest BCUT2D eigenvalue weighted by Crippen LogP contribution is -2.57. The van der Waals surface area contributed by atoms with E-state index in [9.17, 15) is 27.6 Å². The van der Waals surface area contributed by atoms with E-state index in [1.54, 1.807) is 20.8 Å². The molecule has 2 fully saturated rings. The van der Waals surface area contributed by atoms with Gasteiger partial charge < -0.3 is 20.3 Å². The van der Waals surface area contributed by atoms with Crippen molar-refractivity contribution < 1.29 is 32.3 Å². The second-order valence-corrected chi connectivity index (χ2v) is 14.2. The Balaban J connectivity index is 1.50. The zero-order valence-electron chi connectivity index (χ0n) is 23.8. The molecule has 2 heterocycles. The molecule has 3 aliphatic rings. The lowest BCUT2D eigenvalue weighted by Gasteiger charge is -2.33. The fraction of sp³-hybridized carbons (Fsp3) is 0.643. The van der Waals surface area contributed by atoms with E-state index in [-0.39, 0.29) is 31.1 Å². The van der Waals surface area contributed by atoms with Crippen molar-refractivity contribution in [2.45, 2.75) is 101 Å². The van der Waals surface area contributed by atoms with Gasteiger partial charge in [-0.1, -0.05) is 24.3 Å². The molecule has 4 amide bonds. The van der Waals surface area contributed by atoms with Gasteiger partial charge in [0.25, 0.3) is 0 Å². The van der Waals surface area contributed by atoms with Gasteiger partial charge in [0.15, 0.2) is 9.84 Å². The zero-order chi connectivity index (χ0) is 29.4. The summed E-state index contributed by atoms with van der Waals surface area (Å²) in [7, 11) is -2.31. The smallest absolute Gasteiger partial charge is 0.410 e. The summed E-state index contributed by atoms with van der Waals surface area (Å²) >= 11 is 0. The number of sulfone groups is 1. The second-order valence-electron chi connectivity index (χ2n) is 11.9. The van der Waals surface area contributed by atoms with Gasteiger partial charge in [-0.15, -0.1) is 0 Å². The molecule has 0 aromatic heterocycles. The molecule has 2 saturated heterocycles. The number of nitrogens with zero attached hydrogens (tertiary/aromatic N) is 2. The quantitative estimate of drug-likeness (QED) is 0.546. The molecule has 11 nitrogen and oxygen atoms in total. The summed E-state index contributed by atoms with van der Waals surface area (Å²) in [5.74, 6) is -1.92. The number of nitrogens with one attached hydrogen (secondary N) is 2. The average Bonchev–Trinajstić information content (AvgIpc) is 3.32. The van der Waals surface area contributed by atoms with Crippen LogP contribution in [0.3, 0.4) is 0 Å². The largest absolute Gasteiger partial charge is 0.444 e. The number of fused-ring (bicyclic) bond motifs is 2. The van der Waals surface area contributed by atoms with Crippen LogP contribution in [0.15, 0.2) is 24.3 Å². The first kappa shape index (κ1) is 29.8. The van der Waals surface area contributed by atoms with Gasteiger partial charge in [-0.2, -0.15) is 0 Å². The van der Waals surface area contributed by atoms with Gasteiger partial charge in [0, 0.05) is 7.05 Å². The Labute approximate surface area is 235 Å². The lowest BCUT2D eigenvalue weighted by atomic mass is 9.87. The van der Waals surface area contributed by atoms with Gasteiger partial charge in [0.1, 0.15) is 29.1 Å². The fourth-order valence-corrected chi connectivity index (χ4v) is 7.60. The monoisotopic (exact) mass is 576 g/mol. The molecule has 0 bridgehead atoms. The number of benzene rings is 1. The van der Waals surface area contributed by atoms with E-state index >= 15 is 0 Å². The molecule has 1 aromatic carbocycles. The van der Waals surface area contributed by atoms with E-state index in [0.717, 1.165) is 29.7 Å². The second kappa shape index (κ2) is 11.4. The molecule has 5 atom stereocenters. The van der Waals surface area contributed by atoms with Crippen molar-refractivity contribution in [1.29, 1.82) is 0 Å². The van der Waals surface area contributed by atoms with Crippen LogP contribution in [0.2, 0.25) is 0 Å². The molecule has 1 aromatic rings. The van der Waals surface area contributed by atoms with Gasteiger partial charge in [0.2, 0.25) is 17.7 Å². The van der Waals surface area contributed by atoms with Crippen molar-refractivity contribution in [2.24, 2.45) is 0 Å². The van der Waals surface area contributed by atoms with E-state index in [1.165, 1.54) is 24.4 Å². The molecule has 0 spiro atoms. The van der Waals surface area contributed by atoms with E-state index in [4.69, 9.17) is 4.74 Å². The third kappa shape index (κ3) is 6.26. The van der Waals surface area contributed by atoms with Crippen LogP contribution in [0.5, 0.6) is 0 Å². The van der Waals surface area contributed by atoms with Crippen LogP contribution in [0.4, 0.5) is 4.79 Å². The highest BCUT2D eigenvalue weighted by Gasteiger charge is 2.51. The molecule has 40 heavy (non-hydrogen) atoms. The Hall–Kier alpha value is -3.15. The number of hydrogen-bond acceptors (Lipinski definition) is 7. The number of hydrogen-bond donors (Lipinski definition) is 2. The number of carbonyl (C=O) groups is 4. The van der Waals surface area contributed by atoms with Crippen molar-refractivity contribution in [3.8, 4) is 0 Å². The van der Waals surface area contributed by atoms with Gasteiger partial charge in [-0.3, -0.25) is 19.3 Å². The third-order valence-electron chi connectivity index (χ3n) is 7.94. The summed E-state index contributed by atoms with van der Waals surface area (Å²) in [6, 6.07) is 4.61. The maximum atomic E-state index is 13.7. The normalized spacial score (nSPS) is 26.5. The number of aryl methyl sites for hydroxylation is 1. The van der Waals surface area contributed by atoms with Crippen LogP contribution in [0.1, 0.15) is 77.0 Å². The SMILES string of the molecule is C[C@@H](C(=O)N[C@H]1CCS(=O)(=O)[C@H]2CC[C@H](C(=O)N[C@@H]3CCCc4ccccc43)N2C1=O)N(C)C(=O)OC(C)(C)C. The van der Waals surface area contributed by atoms with Gasteiger partial charge >= 0.3 is 6.09 Å². The molecule has 4 rings (SSSR count). The van der Waals surface area contributed by atoms with Crippen molar-refractivity contribution in [3.05, 3.63) is 35.4 Å². The zero-order valence-corrected chi connectivity index (χ0v) is 24.6. The number of amides is 4. The molecule has 12 heteroatoms. The van der Waals surface area contributed by atoms with Gasteiger partial charge in [-0.25, -0.2) is 13.2 Å². The Morgan fingerprint density at radius 1 is 1.05 bits per heavy atom. The molecule has 2 N–H and O–H groups in total. The Kier molecular flexibility index (Phi) is 8.49. The number of carbonyl (C=O) groups excluding carboxylic acids is 4. The lowest BCUT2D eigenvalue weighted by molar-refractivity contribution is -0.142. The number of likely N-dealkylation sites (N-methyl/N-ethyl adjacent to an activating group) is 1. The molecule has 0 unspecified atom stereocenters. The maximum absolute atomic E-state index is 13.7. The first-order valence-electron chi connectivity index (χ1n) is 13.9. The van der Waals surface area contributed by atoms with Crippen molar-refractivity contribution in [3.63, 3.8) is 0 Å². The molecule has 1 aliphatic carbocycles. The standard InChI is InChI=1S/C28H40N4O7S/c1-17(31(5)27(36)39-28(2,3)4)24(33)30-21-15-16-40(37,38)23-14-13-22(32(23)26(21)35)25(34)29-20-12-8-10-18-9-6-7-11-19(18)20/h6-7,9,11,17,20-23H,8,10,12-16H2,1-5H3,(H,29,34)(H,30,33)/t17-,20+,21-,22+,23-/m0/s1.